The van der Waals surface area contributed by atoms with E-state index in [1.807, 2.05) is 36.4 Å². The van der Waals surface area contributed by atoms with Gasteiger partial charge in [-0.1, -0.05) is 18.2 Å². The molecule has 0 saturated carbocycles. The maximum Gasteiger partial charge on any atom is 0.322 e. The number of carbonyl (C=O) groups excluding carboxylic acids is 2. The lowest BCUT2D eigenvalue weighted by atomic mass is 10.2. The highest BCUT2D eigenvalue weighted by Crippen LogP contribution is 2.18. The Labute approximate surface area is 182 Å². The monoisotopic (exact) mass is 429 g/mol. The number of pyridine rings is 1. The zero-order chi connectivity index (χ0) is 22.7. The van der Waals surface area contributed by atoms with E-state index in [-0.39, 0.29) is 11.5 Å². The predicted octanol–water partition coefficient (Wildman–Crippen LogP) is 2.80. The summed E-state index contributed by atoms with van der Waals surface area (Å²) in [4.78, 5) is 39.8. The molecule has 160 valence electrons. The van der Waals surface area contributed by atoms with Crippen molar-refractivity contribution in [1.82, 2.24) is 20.1 Å². The van der Waals surface area contributed by atoms with E-state index in [9.17, 15) is 14.4 Å². The van der Waals surface area contributed by atoms with E-state index in [1.165, 1.54) is 18.3 Å². The van der Waals surface area contributed by atoms with Crippen LogP contribution >= 0.6 is 0 Å². The molecule has 0 atom stereocenters. The van der Waals surface area contributed by atoms with Crippen LogP contribution in [0.3, 0.4) is 0 Å². The van der Waals surface area contributed by atoms with Crippen molar-refractivity contribution in [3.05, 3.63) is 83.7 Å². The van der Waals surface area contributed by atoms with Gasteiger partial charge >= 0.3 is 5.97 Å². The molecule has 0 radical (unpaired) electrons. The first-order chi connectivity index (χ1) is 15.4. The topological polar surface area (TPSA) is 126 Å². The number of anilines is 1. The summed E-state index contributed by atoms with van der Waals surface area (Å²) in [6, 6.07) is 17.7. The molecule has 2 heterocycles. The molecule has 4 aromatic rings. The highest BCUT2D eigenvalue weighted by atomic mass is 16.4. The summed E-state index contributed by atoms with van der Waals surface area (Å²) in [5, 5.41) is 19.0. The molecule has 0 saturated heterocycles. The SMILES string of the molecule is Cc1c(C(=O)Nc2ccc(C(=O)NCC(=O)O)cc2)cnn1-c1ccc2ccccc2n1. The summed E-state index contributed by atoms with van der Waals surface area (Å²) in [5.41, 5.74) is 2.63. The van der Waals surface area contributed by atoms with Crippen LogP contribution in [0, 0.1) is 6.92 Å². The van der Waals surface area contributed by atoms with Crippen LogP contribution in [0.2, 0.25) is 0 Å². The normalized spacial score (nSPS) is 10.7. The van der Waals surface area contributed by atoms with Gasteiger partial charge < -0.3 is 15.7 Å². The molecule has 32 heavy (non-hydrogen) atoms. The number of hydrogen-bond donors (Lipinski definition) is 3. The van der Waals surface area contributed by atoms with Gasteiger partial charge in [-0.15, -0.1) is 0 Å². The molecule has 0 bridgehead atoms. The van der Waals surface area contributed by atoms with Gasteiger partial charge in [-0.3, -0.25) is 14.4 Å². The molecule has 2 aromatic carbocycles. The number of hydrogen-bond acceptors (Lipinski definition) is 5. The van der Waals surface area contributed by atoms with Gasteiger partial charge in [0, 0.05) is 16.6 Å². The number of nitrogens with one attached hydrogen (secondary N) is 2. The smallest absolute Gasteiger partial charge is 0.322 e. The van der Waals surface area contributed by atoms with Gasteiger partial charge in [0.05, 0.1) is 23.0 Å². The molecule has 2 aromatic heterocycles. The summed E-state index contributed by atoms with van der Waals surface area (Å²) in [5.74, 6) is -1.38. The van der Waals surface area contributed by atoms with Crippen LogP contribution in [0.15, 0.2) is 66.9 Å². The Morgan fingerprint density at radius 1 is 0.969 bits per heavy atom. The van der Waals surface area contributed by atoms with Gasteiger partial charge in [0.15, 0.2) is 5.82 Å². The van der Waals surface area contributed by atoms with Crippen LogP contribution in [0.5, 0.6) is 0 Å². The van der Waals surface area contributed by atoms with E-state index in [0.29, 0.717) is 22.8 Å². The zero-order valence-corrected chi connectivity index (χ0v) is 17.1. The summed E-state index contributed by atoms with van der Waals surface area (Å²) in [6.45, 7) is 1.32. The van der Waals surface area contributed by atoms with Crippen molar-refractivity contribution >= 4 is 34.4 Å². The third-order valence-electron chi connectivity index (χ3n) is 4.86. The van der Waals surface area contributed by atoms with Gasteiger partial charge in [0.1, 0.15) is 6.54 Å². The molecule has 0 unspecified atom stereocenters. The standard InChI is InChI=1S/C23H19N5O4/c1-14-18(12-25-28(14)20-11-8-15-4-2-3-5-19(15)27-20)23(32)26-17-9-6-16(7-10-17)22(31)24-13-21(29)30/h2-12H,13H2,1H3,(H,24,31)(H,26,32)(H,29,30). The molecule has 3 N–H and O–H groups in total. The second-order valence-electron chi connectivity index (χ2n) is 7.03. The van der Waals surface area contributed by atoms with E-state index in [0.717, 1.165) is 10.9 Å². The van der Waals surface area contributed by atoms with Crippen molar-refractivity contribution in [1.29, 1.82) is 0 Å². The number of rotatable bonds is 6. The quantitative estimate of drug-likeness (QED) is 0.433. The van der Waals surface area contributed by atoms with Crippen LogP contribution in [0.25, 0.3) is 16.7 Å². The number of fused-ring (bicyclic) bond motifs is 1. The first kappa shape index (κ1) is 20.7. The number of aliphatic carboxylic acids is 1. The first-order valence-electron chi connectivity index (χ1n) is 9.74. The Morgan fingerprint density at radius 3 is 2.47 bits per heavy atom. The molecule has 0 spiro atoms. The lowest BCUT2D eigenvalue weighted by Gasteiger charge is -2.08. The third kappa shape index (κ3) is 4.31. The summed E-state index contributed by atoms with van der Waals surface area (Å²) < 4.78 is 1.61. The van der Waals surface area contributed by atoms with Crippen molar-refractivity contribution in [3.63, 3.8) is 0 Å². The first-order valence-corrected chi connectivity index (χ1v) is 9.74. The molecule has 0 aliphatic rings. The molecule has 0 aliphatic heterocycles. The second-order valence-corrected chi connectivity index (χ2v) is 7.03. The van der Waals surface area contributed by atoms with E-state index in [4.69, 9.17) is 5.11 Å². The fourth-order valence-corrected chi connectivity index (χ4v) is 3.20. The molecule has 4 rings (SSSR count). The van der Waals surface area contributed by atoms with Crippen LogP contribution in [-0.4, -0.2) is 44.2 Å². The Kier molecular flexibility index (Phi) is 5.63. The average Bonchev–Trinajstić information content (AvgIpc) is 3.19. The van der Waals surface area contributed by atoms with Gasteiger partial charge in [0.25, 0.3) is 11.8 Å². The van der Waals surface area contributed by atoms with Crippen LogP contribution < -0.4 is 10.6 Å². The fourth-order valence-electron chi connectivity index (χ4n) is 3.20. The number of carbonyl (C=O) groups is 3. The molecule has 9 heteroatoms. The Bertz CT molecular complexity index is 1330. The number of aromatic nitrogens is 3. The highest BCUT2D eigenvalue weighted by Gasteiger charge is 2.16. The molecule has 2 amide bonds. The minimum Gasteiger partial charge on any atom is -0.480 e. The van der Waals surface area contributed by atoms with Crippen LogP contribution in [-0.2, 0) is 4.79 Å². The zero-order valence-electron chi connectivity index (χ0n) is 17.1. The summed E-state index contributed by atoms with van der Waals surface area (Å²) in [6.07, 6.45) is 1.48. The maximum atomic E-state index is 12.8. The number of amides is 2. The van der Waals surface area contributed by atoms with E-state index < -0.39 is 18.4 Å². The molecule has 0 fully saturated rings. The number of benzene rings is 2. The Balaban J connectivity index is 1.49. The molecule has 9 nitrogen and oxygen atoms in total. The summed E-state index contributed by atoms with van der Waals surface area (Å²) in [7, 11) is 0. The minimum atomic E-state index is -1.13. The van der Waals surface area contributed by atoms with Crippen molar-refractivity contribution < 1.29 is 19.5 Å². The number of nitrogens with zero attached hydrogens (tertiary/aromatic N) is 3. The average molecular weight is 429 g/mol. The van der Waals surface area contributed by atoms with E-state index in [1.54, 1.807) is 23.7 Å². The maximum absolute atomic E-state index is 12.8. The van der Waals surface area contributed by atoms with Crippen LogP contribution in [0.4, 0.5) is 5.69 Å². The fraction of sp³-hybridized carbons (Fsp3) is 0.0870. The van der Waals surface area contributed by atoms with Gasteiger partial charge in [-0.25, -0.2) is 9.67 Å². The second kappa shape index (κ2) is 8.68. The third-order valence-corrected chi connectivity index (χ3v) is 4.86. The molecular weight excluding hydrogens is 410 g/mol. The van der Waals surface area contributed by atoms with Crippen molar-refractivity contribution in [2.45, 2.75) is 6.92 Å². The lowest BCUT2D eigenvalue weighted by molar-refractivity contribution is -0.135. The van der Waals surface area contributed by atoms with Crippen molar-refractivity contribution in [2.75, 3.05) is 11.9 Å². The van der Waals surface area contributed by atoms with Crippen molar-refractivity contribution in [3.8, 4) is 5.82 Å². The van der Waals surface area contributed by atoms with Gasteiger partial charge in [0.2, 0.25) is 0 Å². The van der Waals surface area contributed by atoms with Gasteiger partial charge in [-0.2, -0.15) is 5.10 Å². The van der Waals surface area contributed by atoms with Crippen LogP contribution in [0.1, 0.15) is 26.4 Å². The number of carboxylic acid groups (broad SMARTS) is 1. The number of carboxylic acids is 1. The predicted molar refractivity (Wildman–Crippen MR) is 118 cm³/mol. The molecular formula is C23H19N5O4. The van der Waals surface area contributed by atoms with E-state index >= 15 is 0 Å². The lowest BCUT2D eigenvalue weighted by Crippen LogP contribution is -2.29. The minimum absolute atomic E-state index is 0.288. The number of para-hydroxylation sites is 1. The Hall–Kier alpha value is -4.53. The highest BCUT2D eigenvalue weighted by molar-refractivity contribution is 6.05. The summed E-state index contributed by atoms with van der Waals surface area (Å²) >= 11 is 0. The molecule has 0 aliphatic carbocycles. The van der Waals surface area contributed by atoms with Gasteiger partial charge in [-0.05, 0) is 49.4 Å². The largest absolute Gasteiger partial charge is 0.480 e. The van der Waals surface area contributed by atoms with Crippen molar-refractivity contribution in [2.24, 2.45) is 0 Å². The Morgan fingerprint density at radius 2 is 1.72 bits per heavy atom. The van der Waals surface area contributed by atoms with E-state index in [2.05, 4.69) is 20.7 Å².